The van der Waals surface area contributed by atoms with Gasteiger partial charge in [0.05, 0.1) is 5.56 Å². The summed E-state index contributed by atoms with van der Waals surface area (Å²) >= 11 is 2.06. The second-order valence-corrected chi connectivity index (χ2v) is 4.71. The Morgan fingerprint density at radius 3 is 2.56 bits per heavy atom. The molecule has 1 N–H and O–H groups in total. The summed E-state index contributed by atoms with van der Waals surface area (Å²) in [6.07, 6.45) is 0. The predicted molar refractivity (Wildman–Crippen MR) is 66.8 cm³/mol. The summed E-state index contributed by atoms with van der Waals surface area (Å²) in [5.41, 5.74) is 0.907. The van der Waals surface area contributed by atoms with Gasteiger partial charge in [-0.3, -0.25) is 0 Å². The summed E-state index contributed by atoms with van der Waals surface area (Å²) in [5.74, 6) is -7.38. The Morgan fingerprint density at radius 1 is 1.44 bits per heavy atom. The average Bonchev–Trinajstić information content (AvgIpc) is 2.29. The molecular weight excluding hydrogens is 361 g/mol. The highest BCUT2D eigenvalue weighted by Crippen LogP contribution is 2.17. The Labute approximate surface area is 115 Å². The number of ether oxygens (including phenoxy) is 1. The van der Waals surface area contributed by atoms with Gasteiger partial charge >= 0.3 is 17.9 Å². The fourth-order valence-electron chi connectivity index (χ4n) is 1.07. The number of carbonyl (C=O) groups is 2. The van der Waals surface area contributed by atoms with Crippen molar-refractivity contribution >= 4 is 34.5 Å². The van der Waals surface area contributed by atoms with Crippen molar-refractivity contribution in [1.82, 2.24) is 0 Å². The minimum absolute atomic E-state index is 0.106. The molecule has 1 aromatic carbocycles. The van der Waals surface area contributed by atoms with Crippen molar-refractivity contribution < 1.29 is 28.2 Å². The number of halogens is 3. The fraction of sp³-hybridized carbons (Fsp3) is 0.273. The van der Waals surface area contributed by atoms with Crippen molar-refractivity contribution in [2.24, 2.45) is 0 Å². The maximum absolute atomic E-state index is 12.7. The molecule has 98 valence electrons. The van der Waals surface area contributed by atoms with E-state index in [0.29, 0.717) is 0 Å². The third-order valence-electron chi connectivity index (χ3n) is 2.09. The topological polar surface area (TPSA) is 63.6 Å². The molecule has 0 fully saturated rings. The fourth-order valence-corrected chi connectivity index (χ4v) is 1.41. The summed E-state index contributed by atoms with van der Waals surface area (Å²) in [6.45, 7) is 0.274. The van der Waals surface area contributed by atoms with E-state index in [1.165, 1.54) is 12.1 Å². The second-order valence-electron chi connectivity index (χ2n) is 3.55. The first kappa shape index (κ1) is 14.8. The molecule has 4 nitrogen and oxygen atoms in total. The number of hydrogen-bond acceptors (Lipinski definition) is 3. The van der Waals surface area contributed by atoms with Crippen LogP contribution in [0.3, 0.4) is 0 Å². The lowest BCUT2D eigenvalue weighted by atomic mass is 10.1. The first-order valence-corrected chi connectivity index (χ1v) is 5.86. The number of esters is 1. The molecule has 0 bridgehead atoms. The zero-order chi connectivity index (χ0) is 13.9. The Morgan fingerprint density at radius 2 is 2.06 bits per heavy atom. The molecule has 0 saturated carbocycles. The van der Waals surface area contributed by atoms with Crippen LogP contribution >= 0.6 is 22.6 Å². The van der Waals surface area contributed by atoms with Gasteiger partial charge < -0.3 is 9.84 Å². The molecule has 0 heterocycles. The van der Waals surface area contributed by atoms with Gasteiger partial charge in [0.1, 0.15) is 0 Å². The molecule has 0 aliphatic carbocycles. The van der Waals surface area contributed by atoms with E-state index in [-0.39, 0.29) is 5.56 Å². The molecule has 0 unspecified atom stereocenters. The zero-order valence-corrected chi connectivity index (χ0v) is 11.4. The van der Waals surface area contributed by atoms with Crippen LogP contribution in [0.25, 0.3) is 0 Å². The van der Waals surface area contributed by atoms with Gasteiger partial charge in [-0.25, -0.2) is 9.59 Å². The summed E-state index contributed by atoms with van der Waals surface area (Å²) in [6, 6.07) is 4.56. The van der Waals surface area contributed by atoms with Crippen molar-refractivity contribution in [2.45, 2.75) is 12.8 Å². The molecule has 18 heavy (non-hydrogen) atoms. The van der Waals surface area contributed by atoms with Crippen LogP contribution < -0.4 is 0 Å². The van der Waals surface area contributed by atoms with Crippen LogP contribution in [0.4, 0.5) is 8.78 Å². The number of aryl methyl sites for hydroxylation is 1. The van der Waals surface area contributed by atoms with E-state index in [2.05, 4.69) is 27.3 Å². The van der Waals surface area contributed by atoms with Crippen molar-refractivity contribution in [3.63, 3.8) is 0 Å². The van der Waals surface area contributed by atoms with Crippen molar-refractivity contribution in [2.75, 3.05) is 6.61 Å². The van der Waals surface area contributed by atoms with Crippen LogP contribution in [0.15, 0.2) is 18.2 Å². The van der Waals surface area contributed by atoms with Crippen LogP contribution in [0.1, 0.15) is 15.9 Å². The van der Waals surface area contributed by atoms with E-state index in [9.17, 15) is 18.4 Å². The third-order valence-corrected chi connectivity index (χ3v) is 3.30. The monoisotopic (exact) mass is 370 g/mol. The number of carboxylic acids is 1. The Hall–Kier alpha value is -1.25. The molecule has 7 heteroatoms. The van der Waals surface area contributed by atoms with Crippen LogP contribution in [0.5, 0.6) is 0 Å². The summed E-state index contributed by atoms with van der Waals surface area (Å²) < 4.78 is 30.6. The first-order chi connectivity index (χ1) is 8.24. The molecule has 0 aliphatic heterocycles. The lowest BCUT2D eigenvalue weighted by molar-refractivity contribution is -0.170. The van der Waals surface area contributed by atoms with Crippen molar-refractivity contribution in [3.05, 3.63) is 32.9 Å². The van der Waals surface area contributed by atoms with Crippen LogP contribution in [0, 0.1) is 10.5 Å². The maximum atomic E-state index is 12.7. The SMILES string of the molecule is Cc1cc(C(=O)OCC(F)(F)C(=O)O)ccc1I. The van der Waals surface area contributed by atoms with Gasteiger partial charge in [-0.15, -0.1) is 0 Å². The maximum Gasteiger partial charge on any atom is 0.378 e. The Balaban J connectivity index is 2.72. The largest absolute Gasteiger partial charge is 0.477 e. The standard InChI is InChI=1S/C11H9F2IO4/c1-6-4-7(2-3-8(6)14)9(15)18-5-11(12,13)10(16)17/h2-4H,5H2,1H3,(H,16,17). The molecule has 0 radical (unpaired) electrons. The molecule has 1 rings (SSSR count). The van der Waals surface area contributed by atoms with Crippen LogP contribution in [0.2, 0.25) is 0 Å². The van der Waals surface area contributed by atoms with E-state index in [1.54, 1.807) is 13.0 Å². The first-order valence-electron chi connectivity index (χ1n) is 4.78. The molecular formula is C11H9F2IO4. The highest BCUT2D eigenvalue weighted by molar-refractivity contribution is 14.1. The number of aliphatic carboxylic acids is 1. The molecule has 0 aromatic heterocycles. The number of hydrogen-bond donors (Lipinski definition) is 1. The summed E-state index contributed by atoms with van der Waals surface area (Å²) in [4.78, 5) is 21.6. The van der Waals surface area contributed by atoms with Crippen molar-refractivity contribution in [3.8, 4) is 0 Å². The number of carboxylic acid groups (broad SMARTS) is 1. The van der Waals surface area contributed by atoms with Crippen molar-refractivity contribution in [1.29, 1.82) is 0 Å². The van der Waals surface area contributed by atoms with Gasteiger partial charge in [0.25, 0.3) is 0 Å². The van der Waals surface area contributed by atoms with E-state index in [4.69, 9.17) is 5.11 Å². The molecule has 0 amide bonds. The lowest BCUT2D eigenvalue weighted by Crippen LogP contribution is -2.34. The van der Waals surface area contributed by atoms with Crippen LogP contribution in [-0.2, 0) is 9.53 Å². The highest BCUT2D eigenvalue weighted by atomic mass is 127. The average molecular weight is 370 g/mol. The number of rotatable bonds is 4. The zero-order valence-electron chi connectivity index (χ0n) is 9.25. The minimum Gasteiger partial charge on any atom is -0.477 e. The highest BCUT2D eigenvalue weighted by Gasteiger charge is 2.40. The Kier molecular flexibility index (Phi) is 4.60. The third kappa shape index (κ3) is 3.62. The van der Waals surface area contributed by atoms with Gasteiger partial charge in [0.2, 0.25) is 0 Å². The van der Waals surface area contributed by atoms with Gasteiger partial charge in [-0.2, -0.15) is 8.78 Å². The van der Waals surface area contributed by atoms with Gasteiger partial charge in [-0.05, 0) is 53.3 Å². The Bertz CT molecular complexity index is 488. The minimum atomic E-state index is -4.08. The summed E-state index contributed by atoms with van der Waals surface area (Å²) in [5, 5.41) is 8.16. The lowest BCUT2D eigenvalue weighted by Gasteiger charge is -2.11. The van der Waals surface area contributed by atoms with E-state index >= 15 is 0 Å². The molecule has 1 aromatic rings. The van der Waals surface area contributed by atoms with E-state index < -0.39 is 24.5 Å². The molecule has 0 saturated heterocycles. The van der Waals surface area contributed by atoms with Crippen LogP contribution in [-0.4, -0.2) is 29.6 Å². The van der Waals surface area contributed by atoms with Gasteiger partial charge in [-0.1, -0.05) is 0 Å². The summed E-state index contributed by atoms with van der Waals surface area (Å²) in [7, 11) is 0. The second kappa shape index (κ2) is 5.59. The van der Waals surface area contributed by atoms with E-state index in [1.807, 2.05) is 0 Å². The quantitative estimate of drug-likeness (QED) is 0.654. The smallest absolute Gasteiger partial charge is 0.378 e. The normalized spacial score (nSPS) is 11.1. The van der Waals surface area contributed by atoms with E-state index in [0.717, 1.165) is 9.13 Å². The molecule has 0 atom stereocenters. The molecule has 0 aliphatic rings. The number of carbonyl (C=O) groups excluding carboxylic acids is 1. The number of alkyl halides is 2. The number of benzene rings is 1. The van der Waals surface area contributed by atoms with Gasteiger partial charge in [0, 0.05) is 3.57 Å². The molecule has 0 spiro atoms. The predicted octanol–water partition coefficient (Wildman–Crippen LogP) is 2.48. The van der Waals surface area contributed by atoms with Gasteiger partial charge in [0.15, 0.2) is 6.61 Å².